The number of likely N-dealkylation sites (tertiary alicyclic amines) is 1. The number of fused-ring (bicyclic) bond motifs is 1. The lowest BCUT2D eigenvalue weighted by atomic mass is 9.95. The Balaban J connectivity index is 1.54. The quantitative estimate of drug-likeness (QED) is 0.713. The van der Waals surface area contributed by atoms with Gasteiger partial charge in [-0.05, 0) is 44.2 Å². The summed E-state index contributed by atoms with van der Waals surface area (Å²) in [4.78, 5) is 43.2. The van der Waals surface area contributed by atoms with Gasteiger partial charge in [-0.15, -0.1) is 0 Å². The molecule has 8 heteroatoms. The van der Waals surface area contributed by atoms with E-state index in [1.165, 1.54) is 23.1 Å². The van der Waals surface area contributed by atoms with Gasteiger partial charge in [-0.2, -0.15) is 0 Å². The van der Waals surface area contributed by atoms with Crippen LogP contribution >= 0.6 is 23.4 Å². The van der Waals surface area contributed by atoms with Crippen LogP contribution < -0.4 is 10.2 Å². The van der Waals surface area contributed by atoms with Crippen LogP contribution in [0.5, 0.6) is 0 Å². The molecule has 1 aliphatic carbocycles. The van der Waals surface area contributed by atoms with E-state index in [1.807, 2.05) is 0 Å². The summed E-state index contributed by atoms with van der Waals surface area (Å²) in [6.45, 7) is 1.27. The number of carbonyl (C=O) groups excluding carboxylic acids is 3. The number of thioether (sulfide) groups is 1. The third-order valence-corrected chi connectivity index (χ3v) is 7.86. The highest BCUT2D eigenvalue weighted by atomic mass is 35.5. The summed E-state index contributed by atoms with van der Waals surface area (Å²) in [5.74, 6) is -0.686. The fraction of sp³-hybridized carbons (Fsp3) is 0.591. The molecular weight excluding hydrogens is 422 g/mol. The molecule has 0 bridgehead atoms. The molecule has 3 aliphatic rings. The second kappa shape index (κ2) is 9.60. The SMILES string of the molecule is O=C(CN1C(=O)C(C(=O)N2CCCCC2)Sc2c(Cl)cccc21)NC1CCCCC1. The molecule has 1 unspecified atom stereocenters. The lowest BCUT2D eigenvalue weighted by molar-refractivity contribution is -0.136. The number of nitrogens with zero attached hydrogens (tertiary/aromatic N) is 2. The number of anilines is 1. The summed E-state index contributed by atoms with van der Waals surface area (Å²) in [5, 5.41) is 2.68. The van der Waals surface area contributed by atoms with E-state index in [2.05, 4.69) is 5.32 Å². The van der Waals surface area contributed by atoms with Crippen LogP contribution in [0.1, 0.15) is 51.4 Å². The molecule has 1 saturated heterocycles. The molecule has 6 nitrogen and oxygen atoms in total. The molecule has 3 amide bonds. The van der Waals surface area contributed by atoms with Crippen molar-refractivity contribution in [2.45, 2.75) is 67.6 Å². The first-order chi connectivity index (χ1) is 14.5. The number of piperidine rings is 1. The molecule has 4 rings (SSSR count). The fourth-order valence-electron chi connectivity index (χ4n) is 4.52. The zero-order chi connectivity index (χ0) is 21.1. The third kappa shape index (κ3) is 4.62. The number of rotatable bonds is 4. The molecule has 2 aliphatic heterocycles. The summed E-state index contributed by atoms with van der Waals surface area (Å²) in [6.07, 6.45) is 8.44. The minimum absolute atomic E-state index is 0.0903. The van der Waals surface area contributed by atoms with Crippen molar-refractivity contribution in [2.75, 3.05) is 24.5 Å². The minimum atomic E-state index is -0.891. The smallest absolute Gasteiger partial charge is 0.250 e. The van der Waals surface area contributed by atoms with Gasteiger partial charge in [-0.3, -0.25) is 14.4 Å². The van der Waals surface area contributed by atoms with E-state index in [9.17, 15) is 14.4 Å². The molecule has 0 radical (unpaired) electrons. The number of benzene rings is 1. The number of hydrogen-bond acceptors (Lipinski definition) is 4. The predicted molar refractivity (Wildman–Crippen MR) is 119 cm³/mol. The number of nitrogens with one attached hydrogen (secondary N) is 1. The van der Waals surface area contributed by atoms with Gasteiger partial charge in [0.15, 0.2) is 5.25 Å². The van der Waals surface area contributed by atoms with E-state index >= 15 is 0 Å². The summed E-state index contributed by atoms with van der Waals surface area (Å²) < 4.78 is 0. The van der Waals surface area contributed by atoms with E-state index in [-0.39, 0.29) is 30.3 Å². The summed E-state index contributed by atoms with van der Waals surface area (Å²) in [6, 6.07) is 5.49. The minimum Gasteiger partial charge on any atom is -0.352 e. The molecule has 2 heterocycles. The second-order valence-corrected chi connectivity index (χ2v) is 9.82. The van der Waals surface area contributed by atoms with E-state index in [0.29, 0.717) is 28.7 Å². The maximum absolute atomic E-state index is 13.3. The van der Waals surface area contributed by atoms with Crippen molar-refractivity contribution in [3.05, 3.63) is 23.2 Å². The fourth-order valence-corrected chi connectivity index (χ4v) is 6.01. The summed E-state index contributed by atoms with van der Waals surface area (Å²) >= 11 is 7.63. The molecule has 1 N–H and O–H groups in total. The monoisotopic (exact) mass is 449 g/mol. The van der Waals surface area contributed by atoms with Gasteiger partial charge in [-0.25, -0.2) is 0 Å². The normalized spacial score (nSPS) is 22.6. The molecule has 1 aromatic carbocycles. The third-order valence-electron chi connectivity index (χ3n) is 6.13. The van der Waals surface area contributed by atoms with E-state index in [4.69, 9.17) is 11.6 Å². The van der Waals surface area contributed by atoms with Gasteiger partial charge in [-0.1, -0.05) is 48.7 Å². The van der Waals surface area contributed by atoms with Crippen molar-refractivity contribution in [3.8, 4) is 0 Å². The number of hydrogen-bond donors (Lipinski definition) is 1. The first kappa shape index (κ1) is 21.5. The Labute approximate surface area is 186 Å². The number of carbonyl (C=O) groups is 3. The molecule has 2 fully saturated rings. The van der Waals surface area contributed by atoms with Crippen LogP contribution in [0.25, 0.3) is 0 Å². The topological polar surface area (TPSA) is 69.7 Å². The van der Waals surface area contributed by atoms with Gasteiger partial charge in [0, 0.05) is 19.1 Å². The van der Waals surface area contributed by atoms with Crippen LogP contribution in [0.15, 0.2) is 23.1 Å². The maximum atomic E-state index is 13.3. The Morgan fingerprint density at radius 2 is 1.77 bits per heavy atom. The Morgan fingerprint density at radius 3 is 2.50 bits per heavy atom. The van der Waals surface area contributed by atoms with Gasteiger partial charge < -0.3 is 15.1 Å². The first-order valence-electron chi connectivity index (χ1n) is 10.9. The summed E-state index contributed by atoms with van der Waals surface area (Å²) in [7, 11) is 0. The largest absolute Gasteiger partial charge is 0.352 e. The van der Waals surface area contributed by atoms with Gasteiger partial charge >= 0.3 is 0 Å². The van der Waals surface area contributed by atoms with Gasteiger partial charge in [0.2, 0.25) is 11.8 Å². The van der Waals surface area contributed by atoms with E-state index < -0.39 is 5.25 Å². The van der Waals surface area contributed by atoms with Gasteiger partial charge in [0.25, 0.3) is 5.91 Å². The lowest BCUT2D eigenvalue weighted by Crippen LogP contribution is -2.53. The van der Waals surface area contributed by atoms with Crippen molar-refractivity contribution in [3.63, 3.8) is 0 Å². The van der Waals surface area contributed by atoms with Crippen molar-refractivity contribution in [1.29, 1.82) is 0 Å². The molecular formula is C22H28ClN3O3S. The highest BCUT2D eigenvalue weighted by Gasteiger charge is 2.41. The standard InChI is InChI=1S/C22H28ClN3O3S/c23-16-10-7-11-17-19(16)30-20(21(28)25-12-5-2-6-13-25)22(29)26(17)14-18(27)24-15-8-3-1-4-9-15/h7,10-11,15,20H,1-6,8-9,12-14H2,(H,24,27). The van der Waals surface area contributed by atoms with E-state index in [1.54, 1.807) is 23.1 Å². The molecule has 0 aromatic heterocycles. The Bertz CT molecular complexity index is 822. The van der Waals surface area contributed by atoms with Crippen molar-refractivity contribution >= 4 is 46.8 Å². The van der Waals surface area contributed by atoms with Crippen LogP contribution in [-0.2, 0) is 14.4 Å². The molecule has 1 atom stereocenters. The number of halogens is 1. The first-order valence-corrected chi connectivity index (χ1v) is 12.1. The predicted octanol–water partition coefficient (Wildman–Crippen LogP) is 3.61. The average molecular weight is 450 g/mol. The lowest BCUT2D eigenvalue weighted by Gasteiger charge is -2.36. The second-order valence-electron chi connectivity index (χ2n) is 8.30. The Morgan fingerprint density at radius 1 is 1.07 bits per heavy atom. The Hall–Kier alpha value is -1.73. The van der Waals surface area contributed by atoms with Crippen molar-refractivity contribution in [1.82, 2.24) is 10.2 Å². The maximum Gasteiger partial charge on any atom is 0.250 e. The van der Waals surface area contributed by atoms with Crippen molar-refractivity contribution < 1.29 is 14.4 Å². The number of amides is 3. The van der Waals surface area contributed by atoms with E-state index in [0.717, 1.165) is 44.9 Å². The van der Waals surface area contributed by atoms with Crippen molar-refractivity contribution in [2.24, 2.45) is 0 Å². The van der Waals surface area contributed by atoms with Gasteiger partial charge in [0.05, 0.1) is 15.6 Å². The molecule has 1 saturated carbocycles. The zero-order valence-corrected chi connectivity index (χ0v) is 18.6. The van der Waals surface area contributed by atoms with Crippen LogP contribution in [0.2, 0.25) is 5.02 Å². The molecule has 1 aromatic rings. The summed E-state index contributed by atoms with van der Waals surface area (Å²) in [5.41, 5.74) is 0.610. The van der Waals surface area contributed by atoms with Crippen LogP contribution in [0.4, 0.5) is 5.69 Å². The molecule has 0 spiro atoms. The van der Waals surface area contributed by atoms with Gasteiger partial charge in [0.1, 0.15) is 6.54 Å². The average Bonchev–Trinajstić information content (AvgIpc) is 2.77. The Kier molecular flexibility index (Phi) is 6.88. The highest BCUT2D eigenvalue weighted by Crippen LogP contribution is 2.44. The van der Waals surface area contributed by atoms with Crippen LogP contribution in [0.3, 0.4) is 0 Å². The van der Waals surface area contributed by atoms with Crippen LogP contribution in [-0.4, -0.2) is 53.5 Å². The van der Waals surface area contributed by atoms with Crippen LogP contribution in [0, 0.1) is 0 Å². The molecule has 30 heavy (non-hydrogen) atoms. The highest BCUT2D eigenvalue weighted by molar-refractivity contribution is 8.01. The molecule has 162 valence electrons. The zero-order valence-electron chi connectivity index (χ0n) is 17.1.